The number of halogens is 4. The van der Waals surface area contributed by atoms with Gasteiger partial charge in [0.05, 0.1) is 25.9 Å². The number of ether oxygens (including phenoxy) is 1. The molecule has 1 N–H and O–H groups in total. The van der Waals surface area contributed by atoms with Gasteiger partial charge in [0.25, 0.3) is 0 Å². The molecular formula is C22H25F4NO3S. The number of hydrogen-bond donors (Lipinski definition) is 1. The van der Waals surface area contributed by atoms with Crippen molar-refractivity contribution < 1.29 is 32.0 Å². The zero-order valence-corrected chi connectivity index (χ0v) is 18.3. The van der Waals surface area contributed by atoms with E-state index in [4.69, 9.17) is 4.74 Å². The van der Waals surface area contributed by atoms with E-state index in [1.54, 1.807) is 24.3 Å². The third-order valence-corrected chi connectivity index (χ3v) is 6.99. The van der Waals surface area contributed by atoms with Gasteiger partial charge in [-0.2, -0.15) is 13.2 Å². The van der Waals surface area contributed by atoms with Crippen LogP contribution in [0.1, 0.15) is 25.8 Å². The van der Waals surface area contributed by atoms with Gasteiger partial charge in [-0.05, 0) is 53.3 Å². The number of rotatable bonds is 6. The molecule has 0 bridgehead atoms. The van der Waals surface area contributed by atoms with Crippen molar-refractivity contribution in [3.63, 3.8) is 0 Å². The van der Waals surface area contributed by atoms with E-state index in [1.807, 2.05) is 0 Å². The predicted molar refractivity (Wildman–Crippen MR) is 112 cm³/mol. The van der Waals surface area contributed by atoms with E-state index in [9.17, 15) is 27.2 Å². The van der Waals surface area contributed by atoms with Crippen LogP contribution in [-0.4, -0.2) is 47.4 Å². The van der Waals surface area contributed by atoms with Gasteiger partial charge in [0, 0.05) is 5.56 Å². The topological polar surface area (TPSA) is 55.8 Å². The van der Waals surface area contributed by atoms with Crippen molar-refractivity contribution in [2.45, 2.75) is 42.4 Å². The van der Waals surface area contributed by atoms with Crippen LogP contribution in [0.3, 0.4) is 0 Å². The quantitative estimate of drug-likeness (QED) is 0.513. The van der Waals surface area contributed by atoms with E-state index in [0.29, 0.717) is 10.6 Å². The molecule has 0 radical (unpaired) electrons. The highest BCUT2D eigenvalue weighted by molar-refractivity contribution is 7.91. The molecule has 0 amide bonds. The maximum atomic E-state index is 14.2. The zero-order chi connectivity index (χ0) is 23.0. The van der Waals surface area contributed by atoms with Gasteiger partial charge < -0.3 is 19.3 Å². The van der Waals surface area contributed by atoms with Crippen molar-refractivity contribution in [1.82, 2.24) is 0 Å². The fraction of sp³-hybridized carbons (Fsp3) is 0.455. The van der Waals surface area contributed by atoms with Crippen molar-refractivity contribution in [1.29, 1.82) is 0 Å². The highest BCUT2D eigenvalue weighted by atomic mass is 32.2. The first-order valence-electron chi connectivity index (χ1n) is 9.73. The number of fused-ring (bicyclic) bond motifs is 1. The third-order valence-electron chi connectivity index (χ3n) is 5.60. The van der Waals surface area contributed by atoms with Crippen molar-refractivity contribution in [3.05, 3.63) is 53.8 Å². The molecule has 0 spiro atoms. The minimum absolute atomic E-state index is 0.117. The number of alkyl halides is 3. The van der Waals surface area contributed by atoms with Crippen molar-refractivity contribution >= 4 is 16.9 Å². The second kappa shape index (κ2) is 8.52. The lowest BCUT2D eigenvalue weighted by Gasteiger charge is -2.42. The lowest BCUT2D eigenvalue weighted by atomic mass is 9.74. The number of anilines is 1. The molecule has 0 aliphatic carbocycles. The normalized spacial score (nSPS) is 19.0. The van der Waals surface area contributed by atoms with Crippen molar-refractivity contribution in [2.24, 2.45) is 0 Å². The smallest absolute Gasteiger partial charge is 0.418 e. The average Bonchev–Trinajstić information content (AvgIpc) is 2.69. The Bertz CT molecular complexity index is 937. The van der Waals surface area contributed by atoms with Crippen molar-refractivity contribution in [3.8, 4) is 5.75 Å². The van der Waals surface area contributed by atoms with Crippen LogP contribution in [0.25, 0.3) is 0 Å². The Balaban J connectivity index is 1.97. The first-order valence-corrected chi connectivity index (χ1v) is 11.1. The van der Waals surface area contributed by atoms with Crippen LogP contribution in [0, 0.1) is 5.82 Å². The number of para-hydroxylation sites is 1. The molecule has 170 valence electrons. The van der Waals surface area contributed by atoms with E-state index in [-0.39, 0.29) is 23.6 Å². The van der Waals surface area contributed by atoms with E-state index in [2.05, 4.69) is 0 Å². The average molecular weight is 460 g/mol. The van der Waals surface area contributed by atoms with E-state index >= 15 is 0 Å². The lowest BCUT2D eigenvalue weighted by molar-refractivity contribution is -0.262. The number of aliphatic hydroxyl groups is 1. The van der Waals surface area contributed by atoms with Crippen LogP contribution in [0.2, 0.25) is 0 Å². The van der Waals surface area contributed by atoms with Crippen LogP contribution in [0.5, 0.6) is 5.75 Å². The second-order valence-electron chi connectivity index (χ2n) is 8.37. The van der Waals surface area contributed by atoms with Crippen molar-refractivity contribution in [2.75, 3.05) is 30.9 Å². The molecule has 31 heavy (non-hydrogen) atoms. The Kier molecular flexibility index (Phi) is 6.51. The fourth-order valence-corrected chi connectivity index (χ4v) is 5.36. The maximum absolute atomic E-state index is 14.2. The Morgan fingerprint density at radius 3 is 2.48 bits per heavy atom. The standard InChI is InChI=1S/C22H25F4NO3S/c1-20(2,16-12-15(23)8-9-18(16)30-3)13-21(28,22(24,25)26)14-27-10-11-31(29)19-7-5-4-6-17(19)27/h4-9,12,28H,10-11,13-14H2,1-3H3. The summed E-state index contributed by atoms with van der Waals surface area (Å²) in [6.45, 7) is 2.41. The lowest BCUT2D eigenvalue weighted by Crippen LogP contribution is -2.57. The van der Waals surface area contributed by atoms with Crippen LogP contribution in [0.4, 0.5) is 23.2 Å². The summed E-state index contributed by atoms with van der Waals surface area (Å²) in [7, 11) is 1.35. The number of methoxy groups -OCH3 is 1. The highest BCUT2D eigenvalue weighted by Gasteiger charge is 2.57. The minimum atomic E-state index is -4.95. The van der Waals surface area contributed by atoms with Gasteiger partial charge in [-0.25, -0.2) is 4.39 Å². The number of hydrogen-bond acceptors (Lipinski definition) is 4. The van der Waals surface area contributed by atoms with Crippen LogP contribution in [0.15, 0.2) is 47.4 Å². The molecular weight excluding hydrogens is 434 g/mol. The summed E-state index contributed by atoms with van der Waals surface area (Å²) in [5.74, 6) is -0.187. The zero-order valence-electron chi connectivity index (χ0n) is 17.5. The van der Waals surface area contributed by atoms with Gasteiger partial charge in [0.1, 0.15) is 17.3 Å². The highest BCUT2D eigenvalue weighted by Crippen LogP contribution is 2.45. The molecule has 0 saturated carbocycles. The molecule has 1 aliphatic rings. The first-order chi connectivity index (χ1) is 14.4. The second-order valence-corrected chi connectivity index (χ2v) is 9.91. The van der Waals surface area contributed by atoms with E-state index in [0.717, 1.165) is 6.07 Å². The summed E-state index contributed by atoms with van der Waals surface area (Å²) < 4.78 is 73.9. The molecule has 2 aromatic carbocycles. The molecule has 0 aromatic heterocycles. The summed E-state index contributed by atoms with van der Waals surface area (Å²) in [4.78, 5) is 1.87. The van der Waals surface area contributed by atoms with Gasteiger partial charge in [-0.1, -0.05) is 26.0 Å². The Labute approximate surface area is 182 Å². The number of β-amino-alcohol motifs (C(OH)–C–C–N with tert-alkyl or cyclic N) is 1. The molecule has 0 saturated heterocycles. The summed E-state index contributed by atoms with van der Waals surface area (Å²) in [6, 6.07) is 10.2. The largest absolute Gasteiger partial charge is 0.611 e. The van der Waals surface area contributed by atoms with Gasteiger partial charge in [-0.15, -0.1) is 0 Å². The molecule has 2 unspecified atom stereocenters. The Morgan fingerprint density at radius 2 is 1.84 bits per heavy atom. The summed E-state index contributed by atoms with van der Waals surface area (Å²) in [5.41, 5.74) is -3.72. The van der Waals surface area contributed by atoms with Crippen LogP contribution in [-0.2, 0) is 16.6 Å². The van der Waals surface area contributed by atoms with Crippen LogP contribution < -0.4 is 9.64 Å². The maximum Gasteiger partial charge on any atom is 0.418 e. The summed E-state index contributed by atoms with van der Waals surface area (Å²) in [5, 5.41) is 10.9. The molecule has 0 fully saturated rings. The van der Waals surface area contributed by atoms with E-state index in [1.165, 1.54) is 38.0 Å². The molecule has 9 heteroatoms. The summed E-state index contributed by atoms with van der Waals surface area (Å²) in [6.07, 6.45) is -5.67. The molecule has 1 heterocycles. The first kappa shape index (κ1) is 23.7. The van der Waals surface area contributed by atoms with Gasteiger partial charge >= 0.3 is 6.18 Å². The molecule has 4 nitrogen and oxygen atoms in total. The molecule has 2 atom stereocenters. The molecule has 1 aliphatic heterocycles. The predicted octanol–water partition coefficient (Wildman–Crippen LogP) is 4.42. The SMILES string of the molecule is COc1ccc(F)cc1C(C)(C)CC(O)(CN1CC[S+]([O-])c2ccccc21)C(F)(F)F. The molecule has 2 aromatic rings. The number of nitrogens with zero attached hydrogens (tertiary/aromatic N) is 1. The van der Waals surface area contributed by atoms with Gasteiger partial charge in [-0.3, -0.25) is 0 Å². The third kappa shape index (κ3) is 4.78. The monoisotopic (exact) mass is 459 g/mol. The Morgan fingerprint density at radius 1 is 1.16 bits per heavy atom. The van der Waals surface area contributed by atoms with Crippen LogP contribution >= 0.6 is 0 Å². The Hall–Kier alpha value is -1.97. The molecule has 3 rings (SSSR count). The fourth-order valence-electron chi connectivity index (χ4n) is 4.10. The van der Waals surface area contributed by atoms with E-state index < -0.39 is 47.2 Å². The van der Waals surface area contributed by atoms with Gasteiger partial charge in [0.2, 0.25) is 0 Å². The summed E-state index contributed by atoms with van der Waals surface area (Å²) >= 11 is -1.30. The number of benzene rings is 2. The van der Waals surface area contributed by atoms with Gasteiger partial charge in [0.15, 0.2) is 10.5 Å². The minimum Gasteiger partial charge on any atom is -0.611 e.